The lowest BCUT2D eigenvalue weighted by atomic mass is 10.2. The van der Waals surface area contributed by atoms with E-state index in [-0.39, 0.29) is 5.91 Å². The van der Waals surface area contributed by atoms with Gasteiger partial charge in [0.15, 0.2) is 0 Å². The molecule has 1 saturated heterocycles. The number of nitrogens with zero attached hydrogens (tertiary/aromatic N) is 1. The second-order valence-corrected chi connectivity index (χ2v) is 4.06. The molecular formula is C12H17N3O2. The summed E-state index contributed by atoms with van der Waals surface area (Å²) >= 11 is 0. The summed E-state index contributed by atoms with van der Waals surface area (Å²) in [5.41, 5.74) is 0.480. The zero-order valence-electron chi connectivity index (χ0n) is 9.90. The van der Waals surface area contributed by atoms with E-state index in [1.165, 1.54) is 13.5 Å². The highest BCUT2D eigenvalue weighted by Gasteiger charge is 2.17. The second kappa shape index (κ2) is 5.63. The number of carbonyl (C=O) groups is 1. The van der Waals surface area contributed by atoms with Crippen LogP contribution >= 0.6 is 0 Å². The molecule has 1 unspecified atom stereocenters. The molecule has 1 aliphatic heterocycles. The van der Waals surface area contributed by atoms with Crippen molar-refractivity contribution in [3.8, 4) is 5.88 Å². The normalized spacial score (nSPS) is 19.0. The van der Waals surface area contributed by atoms with Crippen molar-refractivity contribution < 1.29 is 9.53 Å². The van der Waals surface area contributed by atoms with Gasteiger partial charge in [0.1, 0.15) is 5.56 Å². The molecule has 0 bridgehead atoms. The highest BCUT2D eigenvalue weighted by Crippen LogP contribution is 2.13. The Morgan fingerprint density at radius 2 is 2.59 bits per heavy atom. The van der Waals surface area contributed by atoms with Gasteiger partial charge in [-0.2, -0.15) is 0 Å². The highest BCUT2D eigenvalue weighted by atomic mass is 16.5. The molecule has 1 fully saturated rings. The Labute approximate surface area is 101 Å². The van der Waals surface area contributed by atoms with E-state index in [0.717, 1.165) is 13.0 Å². The van der Waals surface area contributed by atoms with Crippen molar-refractivity contribution in [3.05, 3.63) is 23.9 Å². The smallest absolute Gasteiger partial charge is 0.256 e. The maximum Gasteiger partial charge on any atom is 0.256 e. The monoisotopic (exact) mass is 235 g/mol. The van der Waals surface area contributed by atoms with Crippen LogP contribution in [0.2, 0.25) is 0 Å². The number of amides is 1. The van der Waals surface area contributed by atoms with E-state index in [0.29, 0.717) is 24.0 Å². The van der Waals surface area contributed by atoms with Gasteiger partial charge in [0.2, 0.25) is 5.88 Å². The Morgan fingerprint density at radius 1 is 1.71 bits per heavy atom. The van der Waals surface area contributed by atoms with Crippen molar-refractivity contribution in [2.75, 3.05) is 20.2 Å². The van der Waals surface area contributed by atoms with Gasteiger partial charge in [-0.15, -0.1) is 0 Å². The number of hydrogen-bond acceptors (Lipinski definition) is 4. The first-order chi connectivity index (χ1) is 8.31. The van der Waals surface area contributed by atoms with Crippen LogP contribution in [0.3, 0.4) is 0 Å². The maximum absolute atomic E-state index is 11.9. The fourth-order valence-electron chi connectivity index (χ4n) is 1.97. The predicted octanol–water partition coefficient (Wildman–Crippen LogP) is 0.572. The van der Waals surface area contributed by atoms with Crippen LogP contribution in [0.1, 0.15) is 23.2 Å². The lowest BCUT2D eigenvalue weighted by Gasteiger charge is -2.12. The Hall–Kier alpha value is -1.62. The summed E-state index contributed by atoms with van der Waals surface area (Å²) < 4.78 is 5.05. The average molecular weight is 235 g/mol. The quantitative estimate of drug-likeness (QED) is 0.801. The average Bonchev–Trinajstić information content (AvgIpc) is 2.89. The van der Waals surface area contributed by atoms with Gasteiger partial charge in [0, 0.05) is 18.8 Å². The Balaban J connectivity index is 1.94. The molecule has 17 heavy (non-hydrogen) atoms. The van der Waals surface area contributed by atoms with Crippen LogP contribution in [-0.4, -0.2) is 37.1 Å². The number of hydrogen-bond donors (Lipinski definition) is 2. The first-order valence-corrected chi connectivity index (χ1v) is 5.82. The van der Waals surface area contributed by atoms with Crippen LogP contribution in [0.5, 0.6) is 5.88 Å². The van der Waals surface area contributed by atoms with Gasteiger partial charge in [0.25, 0.3) is 5.91 Å². The summed E-state index contributed by atoms with van der Waals surface area (Å²) in [5.74, 6) is 0.230. The van der Waals surface area contributed by atoms with Crippen LogP contribution in [0, 0.1) is 0 Å². The summed E-state index contributed by atoms with van der Waals surface area (Å²) in [4.78, 5) is 15.9. The highest BCUT2D eigenvalue weighted by molar-refractivity contribution is 5.96. The van der Waals surface area contributed by atoms with E-state index >= 15 is 0 Å². The predicted molar refractivity (Wildman–Crippen MR) is 64.1 cm³/mol. The topological polar surface area (TPSA) is 63.2 Å². The van der Waals surface area contributed by atoms with Crippen molar-refractivity contribution in [3.63, 3.8) is 0 Å². The van der Waals surface area contributed by atoms with Crippen LogP contribution in [-0.2, 0) is 0 Å². The van der Waals surface area contributed by atoms with E-state index in [9.17, 15) is 4.79 Å². The molecule has 0 saturated carbocycles. The first-order valence-electron chi connectivity index (χ1n) is 5.82. The van der Waals surface area contributed by atoms with Crippen molar-refractivity contribution in [1.82, 2.24) is 15.6 Å². The fourth-order valence-corrected chi connectivity index (χ4v) is 1.97. The molecule has 5 nitrogen and oxygen atoms in total. The minimum atomic E-state index is -0.136. The lowest BCUT2D eigenvalue weighted by molar-refractivity contribution is 0.0946. The van der Waals surface area contributed by atoms with Gasteiger partial charge < -0.3 is 15.4 Å². The molecule has 0 aliphatic carbocycles. The Kier molecular flexibility index (Phi) is 3.93. The van der Waals surface area contributed by atoms with Gasteiger partial charge in [-0.1, -0.05) is 0 Å². The SMILES string of the molecule is COc1ncccc1C(=O)NCC1CCCN1. The van der Waals surface area contributed by atoms with Crippen LogP contribution in [0.15, 0.2) is 18.3 Å². The van der Waals surface area contributed by atoms with Crippen LogP contribution in [0.25, 0.3) is 0 Å². The summed E-state index contributed by atoms with van der Waals surface area (Å²) in [6.45, 7) is 1.69. The molecule has 2 N–H and O–H groups in total. The van der Waals surface area contributed by atoms with Gasteiger partial charge >= 0.3 is 0 Å². The van der Waals surface area contributed by atoms with E-state index in [1.54, 1.807) is 18.3 Å². The molecule has 2 rings (SSSR count). The third-order valence-corrected chi connectivity index (χ3v) is 2.88. The van der Waals surface area contributed by atoms with Gasteiger partial charge in [-0.3, -0.25) is 4.79 Å². The molecule has 5 heteroatoms. The van der Waals surface area contributed by atoms with Crippen molar-refractivity contribution in [1.29, 1.82) is 0 Å². The number of carbonyl (C=O) groups excluding carboxylic acids is 1. The Bertz CT molecular complexity index is 389. The number of methoxy groups -OCH3 is 1. The molecule has 1 aromatic rings. The van der Waals surface area contributed by atoms with E-state index in [1.807, 2.05) is 0 Å². The number of rotatable bonds is 4. The van der Waals surface area contributed by atoms with Crippen LogP contribution in [0.4, 0.5) is 0 Å². The molecule has 0 radical (unpaired) electrons. The summed E-state index contributed by atoms with van der Waals surface area (Å²) in [6, 6.07) is 3.83. The zero-order chi connectivity index (χ0) is 12.1. The van der Waals surface area contributed by atoms with E-state index < -0.39 is 0 Å². The van der Waals surface area contributed by atoms with Gasteiger partial charge in [0.05, 0.1) is 7.11 Å². The van der Waals surface area contributed by atoms with Gasteiger partial charge in [-0.25, -0.2) is 4.98 Å². The maximum atomic E-state index is 11.9. The fraction of sp³-hybridized carbons (Fsp3) is 0.500. The standard InChI is InChI=1S/C12H17N3O2/c1-17-12-10(5-3-7-14-12)11(16)15-8-9-4-2-6-13-9/h3,5,7,9,13H,2,4,6,8H2,1H3,(H,15,16). The largest absolute Gasteiger partial charge is 0.480 e. The molecule has 1 aromatic heterocycles. The number of pyridine rings is 1. The zero-order valence-corrected chi connectivity index (χ0v) is 9.90. The molecule has 1 aliphatic rings. The van der Waals surface area contributed by atoms with E-state index in [2.05, 4.69) is 15.6 Å². The second-order valence-electron chi connectivity index (χ2n) is 4.06. The summed E-state index contributed by atoms with van der Waals surface area (Å²) in [6.07, 6.45) is 3.90. The van der Waals surface area contributed by atoms with Gasteiger partial charge in [-0.05, 0) is 31.5 Å². The third-order valence-electron chi connectivity index (χ3n) is 2.88. The molecule has 1 amide bonds. The molecular weight excluding hydrogens is 218 g/mol. The number of aromatic nitrogens is 1. The molecule has 2 heterocycles. The molecule has 0 aromatic carbocycles. The molecule has 92 valence electrons. The van der Waals surface area contributed by atoms with Crippen molar-refractivity contribution in [2.24, 2.45) is 0 Å². The minimum Gasteiger partial charge on any atom is -0.480 e. The Morgan fingerprint density at radius 3 is 3.29 bits per heavy atom. The minimum absolute atomic E-state index is 0.136. The number of nitrogens with one attached hydrogen (secondary N) is 2. The van der Waals surface area contributed by atoms with Crippen molar-refractivity contribution >= 4 is 5.91 Å². The summed E-state index contributed by atoms with van der Waals surface area (Å²) in [5, 5.41) is 6.22. The summed E-state index contributed by atoms with van der Waals surface area (Å²) in [7, 11) is 1.51. The number of ether oxygens (including phenoxy) is 1. The lowest BCUT2D eigenvalue weighted by Crippen LogP contribution is -2.37. The third kappa shape index (κ3) is 2.94. The molecule has 1 atom stereocenters. The molecule has 0 spiro atoms. The first kappa shape index (κ1) is 11.9. The van der Waals surface area contributed by atoms with Crippen molar-refractivity contribution in [2.45, 2.75) is 18.9 Å². The van der Waals surface area contributed by atoms with Crippen LogP contribution < -0.4 is 15.4 Å². The van der Waals surface area contributed by atoms with E-state index in [4.69, 9.17) is 4.74 Å².